The Morgan fingerprint density at radius 3 is 2.73 bits per heavy atom. The monoisotopic (exact) mass is 217 g/mol. The summed E-state index contributed by atoms with van der Waals surface area (Å²) in [7, 11) is 0. The summed E-state index contributed by atoms with van der Waals surface area (Å²) < 4.78 is 0. The summed E-state index contributed by atoms with van der Waals surface area (Å²) in [5.74, 6) is -1.35. The summed E-state index contributed by atoms with van der Waals surface area (Å²) in [6, 6.07) is -0.400. The molecule has 0 aromatic carbocycles. The van der Waals surface area contributed by atoms with Gasteiger partial charge in [-0.3, -0.25) is 0 Å². The molecule has 7 heteroatoms. The average molecular weight is 217 g/mol. The van der Waals surface area contributed by atoms with Gasteiger partial charge in [-0.15, -0.1) is 0 Å². The number of amides is 2. The summed E-state index contributed by atoms with van der Waals surface area (Å²) in [6.07, 6.45) is -0.820. The maximum absolute atomic E-state index is 11.4. The number of aliphatic hydroxyl groups excluding tert-OH is 1. The van der Waals surface area contributed by atoms with Crippen molar-refractivity contribution in [3.8, 4) is 0 Å². The molecule has 15 heavy (non-hydrogen) atoms. The van der Waals surface area contributed by atoms with Crippen LogP contribution in [0.5, 0.6) is 0 Å². The summed E-state index contributed by atoms with van der Waals surface area (Å²) in [5, 5.41) is 19.6. The van der Waals surface area contributed by atoms with Crippen LogP contribution >= 0.6 is 0 Å². The van der Waals surface area contributed by atoms with E-state index in [0.717, 1.165) is 6.42 Å². The Morgan fingerprint density at radius 1 is 1.60 bits per heavy atom. The van der Waals surface area contributed by atoms with Gasteiger partial charge < -0.3 is 26.2 Å². The van der Waals surface area contributed by atoms with Gasteiger partial charge in [0.15, 0.2) is 6.10 Å². The van der Waals surface area contributed by atoms with Crippen molar-refractivity contribution < 1.29 is 19.8 Å². The molecule has 7 nitrogen and oxygen atoms in total. The molecule has 0 saturated carbocycles. The number of nitrogens with two attached hydrogens (primary N) is 1. The molecule has 0 aliphatic carbocycles. The number of aliphatic hydroxyl groups is 1. The van der Waals surface area contributed by atoms with Crippen LogP contribution in [0.4, 0.5) is 4.79 Å². The van der Waals surface area contributed by atoms with Gasteiger partial charge in [-0.25, -0.2) is 9.59 Å². The largest absolute Gasteiger partial charge is 0.479 e. The van der Waals surface area contributed by atoms with Crippen LogP contribution in [0.2, 0.25) is 0 Å². The van der Waals surface area contributed by atoms with E-state index in [0.29, 0.717) is 13.1 Å². The lowest BCUT2D eigenvalue weighted by Gasteiger charge is -2.17. The quantitative estimate of drug-likeness (QED) is 0.444. The molecule has 0 aromatic rings. The van der Waals surface area contributed by atoms with Crippen molar-refractivity contribution in [1.29, 1.82) is 0 Å². The first-order valence-corrected chi connectivity index (χ1v) is 4.70. The van der Waals surface area contributed by atoms with Gasteiger partial charge in [-0.1, -0.05) is 0 Å². The first-order valence-electron chi connectivity index (χ1n) is 4.70. The van der Waals surface area contributed by atoms with Crippen molar-refractivity contribution >= 4 is 12.0 Å². The average Bonchev–Trinajstić information content (AvgIpc) is 2.60. The Kier molecular flexibility index (Phi) is 3.87. The number of rotatable bonds is 3. The molecule has 0 radical (unpaired) electrons. The van der Waals surface area contributed by atoms with Crippen LogP contribution < -0.4 is 11.1 Å². The number of aliphatic carboxylic acids is 1. The number of carboxylic acid groups (broad SMARTS) is 1. The number of nitrogens with one attached hydrogen (secondary N) is 1. The highest BCUT2D eigenvalue weighted by Crippen LogP contribution is 2.06. The topological polar surface area (TPSA) is 116 Å². The third kappa shape index (κ3) is 3.37. The lowest BCUT2D eigenvalue weighted by Crippen LogP contribution is -2.44. The SMILES string of the molecule is NC1CCN(C(=O)NC[C@H](O)C(=O)O)C1. The van der Waals surface area contributed by atoms with Gasteiger partial charge in [0.2, 0.25) is 0 Å². The first-order chi connectivity index (χ1) is 7.00. The minimum absolute atomic E-state index is 0.0138. The molecular weight excluding hydrogens is 202 g/mol. The van der Waals surface area contributed by atoms with Crippen LogP contribution in [0.15, 0.2) is 0 Å². The van der Waals surface area contributed by atoms with Gasteiger partial charge in [0.25, 0.3) is 0 Å². The highest BCUT2D eigenvalue weighted by molar-refractivity contribution is 5.77. The molecule has 2 amide bonds. The maximum Gasteiger partial charge on any atom is 0.334 e. The van der Waals surface area contributed by atoms with Gasteiger partial charge >= 0.3 is 12.0 Å². The van der Waals surface area contributed by atoms with Crippen LogP contribution in [0, 0.1) is 0 Å². The number of nitrogens with zero attached hydrogens (tertiary/aromatic N) is 1. The minimum atomic E-state index is -1.56. The Bertz CT molecular complexity index is 258. The van der Waals surface area contributed by atoms with Crippen LogP contribution in [0.3, 0.4) is 0 Å². The molecular formula is C8H15N3O4. The highest BCUT2D eigenvalue weighted by atomic mass is 16.4. The molecule has 0 spiro atoms. The molecule has 1 heterocycles. The lowest BCUT2D eigenvalue weighted by atomic mass is 10.3. The Balaban J connectivity index is 2.27. The zero-order valence-corrected chi connectivity index (χ0v) is 8.22. The molecule has 1 rings (SSSR count). The smallest absolute Gasteiger partial charge is 0.334 e. The van der Waals surface area contributed by atoms with Gasteiger partial charge in [-0.05, 0) is 6.42 Å². The van der Waals surface area contributed by atoms with E-state index in [9.17, 15) is 9.59 Å². The van der Waals surface area contributed by atoms with Gasteiger partial charge in [0.05, 0.1) is 6.54 Å². The van der Waals surface area contributed by atoms with E-state index in [2.05, 4.69) is 5.32 Å². The Hall–Kier alpha value is -1.34. The molecule has 86 valence electrons. The van der Waals surface area contributed by atoms with Crippen molar-refractivity contribution in [2.45, 2.75) is 18.6 Å². The van der Waals surface area contributed by atoms with E-state index in [1.54, 1.807) is 0 Å². The van der Waals surface area contributed by atoms with E-state index in [-0.39, 0.29) is 18.6 Å². The van der Waals surface area contributed by atoms with E-state index in [1.165, 1.54) is 4.90 Å². The fourth-order valence-electron chi connectivity index (χ4n) is 1.35. The van der Waals surface area contributed by atoms with E-state index in [1.807, 2.05) is 0 Å². The minimum Gasteiger partial charge on any atom is -0.479 e. The number of carbonyl (C=O) groups is 2. The van der Waals surface area contributed by atoms with Crippen molar-refractivity contribution in [2.24, 2.45) is 5.73 Å². The summed E-state index contributed by atoms with van der Waals surface area (Å²) in [5.41, 5.74) is 5.60. The molecule has 1 fully saturated rings. The number of carboxylic acids is 1. The normalized spacial score (nSPS) is 22.5. The second-order valence-corrected chi connectivity index (χ2v) is 3.53. The van der Waals surface area contributed by atoms with Crippen molar-refractivity contribution in [2.75, 3.05) is 19.6 Å². The third-order valence-corrected chi connectivity index (χ3v) is 2.24. The van der Waals surface area contributed by atoms with E-state index < -0.39 is 12.1 Å². The molecule has 1 aliphatic rings. The summed E-state index contributed by atoms with van der Waals surface area (Å²) in [6.45, 7) is 0.741. The summed E-state index contributed by atoms with van der Waals surface area (Å²) in [4.78, 5) is 23.1. The predicted octanol–water partition coefficient (Wildman–Crippen LogP) is -1.83. The molecule has 5 N–H and O–H groups in total. The van der Waals surface area contributed by atoms with Crippen LogP contribution in [0.25, 0.3) is 0 Å². The lowest BCUT2D eigenvalue weighted by molar-refractivity contribution is -0.146. The maximum atomic E-state index is 11.4. The molecule has 1 unspecified atom stereocenters. The molecule has 1 saturated heterocycles. The molecule has 0 aromatic heterocycles. The summed E-state index contributed by atoms with van der Waals surface area (Å²) >= 11 is 0. The predicted molar refractivity (Wildman–Crippen MR) is 51.2 cm³/mol. The molecule has 2 atom stereocenters. The second-order valence-electron chi connectivity index (χ2n) is 3.53. The first kappa shape index (κ1) is 11.7. The Labute approximate surface area is 86.8 Å². The molecule has 0 bridgehead atoms. The molecule has 1 aliphatic heterocycles. The fraction of sp³-hybridized carbons (Fsp3) is 0.750. The Morgan fingerprint density at radius 2 is 2.27 bits per heavy atom. The van der Waals surface area contributed by atoms with Crippen LogP contribution in [0.1, 0.15) is 6.42 Å². The van der Waals surface area contributed by atoms with Gasteiger partial charge in [0, 0.05) is 19.1 Å². The fourth-order valence-corrected chi connectivity index (χ4v) is 1.35. The van der Waals surface area contributed by atoms with E-state index >= 15 is 0 Å². The second kappa shape index (κ2) is 4.94. The van der Waals surface area contributed by atoms with Gasteiger partial charge in [0.1, 0.15) is 0 Å². The van der Waals surface area contributed by atoms with Crippen molar-refractivity contribution in [1.82, 2.24) is 10.2 Å². The number of urea groups is 1. The highest BCUT2D eigenvalue weighted by Gasteiger charge is 2.24. The zero-order chi connectivity index (χ0) is 11.4. The van der Waals surface area contributed by atoms with Crippen LogP contribution in [-0.4, -0.2) is 58.9 Å². The van der Waals surface area contributed by atoms with E-state index in [4.69, 9.17) is 15.9 Å². The zero-order valence-electron chi connectivity index (χ0n) is 8.22. The number of likely N-dealkylation sites (tertiary alicyclic amines) is 1. The number of hydrogen-bond donors (Lipinski definition) is 4. The van der Waals surface area contributed by atoms with Crippen LogP contribution in [-0.2, 0) is 4.79 Å². The number of hydrogen-bond acceptors (Lipinski definition) is 4. The van der Waals surface area contributed by atoms with Gasteiger partial charge in [-0.2, -0.15) is 0 Å². The third-order valence-electron chi connectivity index (χ3n) is 2.24. The van der Waals surface area contributed by atoms with Crippen molar-refractivity contribution in [3.63, 3.8) is 0 Å². The standard InChI is InChI=1S/C8H15N3O4/c9-5-1-2-11(4-5)8(15)10-3-6(12)7(13)14/h5-6,12H,1-4,9H2,(H,10,15)(H,13,14)/t5?,6-/m0/s1. The van der Waals surface area contributed by atoms with Crippen molar-refractivity contribution in [3.05, 3.63) is 0 Å². The number of carbonyl (C=O) groups excluding carboxylic acids is 1.